The first-order valence-electron chi connectivity index (χ1n) is 3.14. The summed E-state index contributed by atoms with van der Waals surface area (Å²) in [6.07, 6.45) is 0. The van der Waals surface area contributed by atoms with Crippen molar-refractivity contribution in [3.63, 3.8) is 0 Å². The lowest BCUT2D eigenvalue weighted by Crippen LogP contribution is -2.04. The van der Waals surface area contributed by atoms with E-state index in [4.69, 9.17) is 16.0 Å². The van der Waals surface area contributed by atoms with Crippen molar-refractivity contribution in [2.75, 3.05) is 11.5 Å². The van der Waals surface area contributed by atoms with Crippen LogP contribution in [0.15, 0.2) is 17.0 Å². The van der Waals surface area contributed by atoms with Gasteiger partial charge in [-0.2, -0.15) is 8.42 Å². The Bertz CT molecular complexity index is 420. The maximum Gasteiger partial charge on any atom is 0.294 e. The third-order valence-corrected chi connectivity index (χ3v) is 2.26. The van der Waals surface area contributed by atoms with E-state index in [1.807, 2.05) is 0 Å². The van der Waals surface area contributed by atoms with E-state index >= 15 is 0 Å². The monoisotopic (exact) mass is 206 g/mol. The molecule has 0 aliphatic rings. The number of nitrogens with two attached hydrogens (primary N) is 2. The molecule has 72 valence electrons. The van der Waals surface area contributed by atoms with Gasteiger partial charge in [0.25, 0.3) is 10.1 Å². The first-order valence-corrected chi connectivity index (χ1v) is 4.58. The van der Waals surface area contributed by atoms with E-state index in [1.54, 1.807) is 0 Å². The minimum Gasteiger partial charge on any atom is -0.397 e. The van der Waals surface area contributed by atoms with Crippen LogP contribution in [0.3, 0.4) is 0 Å². The highest BCUT2D eigenvalue weighted by atomic mass is 32.2. The Morgan fingerprint density at radius 1 is 1.31 bits per heavy atom. The molecule has 0 fully saturated rings. The van der Waals surface area contributed by atoms with Crippen molar-refractivity contribution in [2.24, 2.45) is 0 Å². The molecule has 0 amide bonds. The molecule has 5 nitrogen and oxygen atoms in total. The zero-order valence-electron chi connectivity index (χ0n) is 6.36. The van der Waals surface area contributed by atoms with Crippen LogP contribution in [0.25, 0.3) is 0 Å². The summed E-state index contributed by atoms with van der Waals surface area (Å²) in [7, 11) is -4.44. The van der Waals surface area contributed by atoms with Gasteiger partial charge in [0.1, 0.15) is 5.82 Å². The third-order valence-electron chi connectivity index (χ3n) is 1.43. The van der Waals surface area contributed by atoms with Crippen LogP contribution < -0.4 is 11.5 Å². The SMILES string of the molecule is Nc1cc(S(=O)(=O)O)cc(F)c1N. The highest BCUT2D eigenvalue weighted by Crippen LogP contribution is 2.23. The fraction of sp³-hybridized carbons (Fsp3) is 0. The predicted molar refractivity (Wildman–Crippen MR) is 45.0 cm³/mol. The zero-order valence-corrected chi connectivity index (χ0v) is 7.18. The van der Waals surface area contributed by atoms with Crippen LogP contribution in [0.1, 0.15) is 0 Å². The zero-order chi connectivity index (χ0) is 10.2. The Labute approximate surface area is 73.9 Å². The van der Waals surface area contributed by atoms with E-state index in [0.717, 1.165) is 6.07 Å². The number of anilines is 2. The summed E-state index contributed by atoms with van der Waals surface area (Å²) >= 11 is 0. The molecule has 5 N–H and O–H groups in total. The largest absolute Gasteiger partial charge is 0.397 e. The Balaban J connectivity index is 3.47. The average Bonchev–Trinajstić information content (AvgIpc) is 1.97. The topological polar surface area (TPSA) is 106 Å². The van der Waals surface area contributed by atoms with Gasteiger partial charge in [-0.25, -0.2) is 4.39 Å². The van der Waals surface area contributed by atoms with E-state index in [-0.39, 0.29) is 11.4 Å². The van der Waals surface area contributed by atoms with Crippen molar-refractivity contribution in [3.05, 3.63) is 17.9 Å². The van der Waals surface area contributed by atoms with Gasteiger partial charge in [0, 0.05) is 0 Å². The molecule has 0 unspecified atom stereocenters. The number of halogens is 1. The highest BCUT2D eigenvalue weighted by molar-refractivity contribution is 7.85. The van der Waals surface area contributed by atoms with Gasteiger partial charge in [-0.05, 0) is 12.1 Å². The average molecular weight is 206 g/mol. The quantitative estimate of drug-likeness (QED) is 0.450. The van der Waals surface area contributed by atoms with Gasteiger partial charge < -0.3 is 11.5 Å². The first-order chi connectivity index (χ1) is 5.82. The summed E-state index contributed by atoms with van der Waals surface area (Å²) in [4.78, 5) is -0.614. The molecule has 0 bridgehead atoms. The van der Waals surface area contributed by atoms with Crippen molar-refractivity contribution in [1.82, 2.24) is 0 Å². The molecule has 0 heterocycles. The predicted octanol–water partition coefficient (Wildman–Crippen LogP) is 0.237. The maximum absolute atomic E-state index is 12.8. The standard InChI is InChI=1S/C6H7FN2O3S/c7-4-1-3(13(10,11)12)2-5(8)6(4)9/h1-2H,8-9H2,(H,10,11,12). The molecular weight excluding hydrogens is 199 g/mol. The van der Waals surface area contributed by atoms with Gasteiger partial charge in [0.2, 0.25) is 0 Å². The Hall–Kier alpha value is -1.34. The van der Waals surface area contributed by atoms with Crippen LogP contribution in [0.5, 0.6) is 0 Å². The van der Waals surface area contributed by atoms with Gasteiger partial charge in [0.05, 0.1) is 16.3 Å². The number of benzene rings is 1. The smallest absolute Gasteiger partial charge is 0.294 e. The summed E-state index contributed by atoms with van der Waals surface area (Å²) in [5.74, 6) is -0.979. The molecule has 0 aliphatic heterocycles. The second-order valence-corrected chi connectivity index (χ2v) is 3.80. The molecule has 0 spiro atoms. The minimum absolute atomic E-state index is 0.229. The van der Waals surface area contributed by atoms with Crippen LogP contribution in [0.2, 0.25) is 0 Å². The second-order valence-electron chi connectivity index (χ2n) is 2.38. The number of rotatable bonds is 1. The van der Waals surface area contributed by atoms with Crippen LogP contribution in [0, 0.1) is 5.82 Å². The third kappa shape index (κ3) is 1.87. The number of nitrogen functional groups attached to an aromatic ring is 2. The van der Waals surface area contributed by atoms with E-state index < -0.39 is 20.8 Å². The summed E-state index contributed by atoms with van der Waals surface area (Å²) in [6.45, 7) is 0. The van der Waals surface area contributed by atoms with Crippen LogP contribution in [-0.2, 0) is 10.1 Å². The second kappa shape index (κ2) is 2.86. The molecular formula is C6H7FN2O3S. The maximum atomic E-state index is 12.8. The molecule has 1 aromatic carbocycles. The minimum atomic E-state index is -4.44. The van der Waals surface area contributed by atoms with Gasteiger partial charge in [-0.1, -0.05) is 0 Å². The molecule has 0 atom stereocenters. The number of hydrogen-bond donors (Lipinski definition) is 3. The molecule has 13 heavy (non-hydrogen) atoms. The normalized spacial score (nSPS) is 11.5. The fourth-order valence-electron chi connectivity index (χ4n) is 0.762. The van der Waals surface area contributed by atoms with Gasteiger partial charge >= 0.3 is 0 Å². The highest BCUT2D eigenvalue weighted by Gasteiger charge is 2.14. The van der Waals surface area contributed by atoms with E-state index in [0.29, 0.717) is 6.07 Å². The van der Waals surface area contributed by atoms with Gasteiger partial charge in [0.15, 0.2) is 0 Å². The molecule has 0 aromatic heterocycles. The molecule has 0 aliphatic carbocycles. The summed E-state index contributed by atoms with van der Waals surface area (Å²) in [5, 5.41) is 0. The Morgan fingerprint density at radius 3 is 2.23 bits per heavy atom. The van der Waals surface area contributed by atoms with Crippen LogP contribution >= 0.6 is 0 Å². The summed E-state index contributed by atoms with van der Waals surface area (Å²) < 4.78 is 42.4. The van der Waals surface area contributed by atoms with E-state index in [2.05, 4.69) is 0 Å². The lowest BCUT2D eigenvalue weighted by molar-refractivity contribution is 0.482. The Kier molecular flexibility index (Phi) is 2.14. The molecule has 7 heteroatoms. The van der Waals surface area contributed by atoms with Crippen molar-refractivity contribution in [3.8, 4) is 0 Å². The van der Waals surface area contributed by atoms with Gasteiger partial charge in [-0.3, -0.25) is 4.55 Å². The molecule has 1 aromatic rings. The summed E-state index contributed by atoms with van der Waals surface area (Å²) in [5.41, 5.74) is 9.73. The molecule has 0 saturated carbocycles. The van der Waals surface area contributed by atoms with Crippen molar-refractivity contribution in [2.45, 2.75) is 4.90 Å². The summed E-state index contributed by atoms with van der Waals surface area (Å²) in [6, 6.07) is 1.48. The molecule has 1 rings (SSSR count). The molecule has 0 radical (unpaired) electrons. The molecule has 0 saturated heterocycles. The van der Waals surface area contributed by atoms with Crippen molar-refractivity contribution < 1.29 is 17.4 Å². The first kappa shape index (κ1) is 9.75. The number of hydrogen-bond acceptors (Lipinski definition) is 4. The van der Waals surface area contributed by atoms with Crippen molar-refractivity contribution in [1.29, 1.82) is 0 Å². The van der Waals surface area contributed by atoms with Crippen LogP contribution in [0.4, 0.5) is 15.8 Å². The lowest BCUT2D eigenvalue weighted by Gasteiger charge is -2.03. The van der Waals surface area contributed by atoms with Crippen LogP contribution in [-0.4, -0.2) is 13.0 Å². The fourth-order valence-corrected chi connectivity index (χ4v) is 1.29. The van der Waals surface area contributed by atoms with Gasteiger partial charge in [-0.15, -0.1) is 0 Å². The lowest BCUT2D eigenvalue weighted by atomic mass is 10.2. The van der Waals surface area contributed by atoms with Crippen molar-refractivity contribution >= 4 is 21.5 Å². The Morgan fingerprint density at radius 2 is 1.85 bits per heavy atom. The van der Waals surface area contributed by atoms with E-state index in [1.165, 1.54) is 0 Å². The van der Waals surface area contributed by atoms with E-state index in [9.17, 15) is 12.8 Å².